The lowest BCUT2D eigenvalue weighted by Crippen LogP contribution is -2.13. The van der Waals surface area contributed by atoms with Crippen LogP contribution in [0.15, 0.2) is 90.0 Å². The number of hydrogen-bond donors (Lipinski definition) is 2. The highest BCUT2D eigenvalue weighted by Crippen LogP contribution is 2.17. The van der Waals surface area contributed by atoms with Crippen LogP contribution >= 0.6 is 0 Å². The molecule has 0 spiro atoms. The van der Waals surface area contributed by atoms with E-state index in [1.165, 1.54) is 0 Å². The largest absolute Gasteiger partial charge is 0.322 e. The molecule has 4 nitrogen and oxygen atoms in total. The Hall–Kier alpha value is -3.40. The number of hydrazone groups is 1. The molecule has 2 N–H and O–H groups in total. The molecule has 0 aliphatic heterocycles. The summed E-state index contributed by atoms with van der Waals surface area (Å²) < 4.78 is 0. The number of nitrogens with zero attached hydrogens (tertiary/aromatic N) is 1. The fraction of sp³-hybridized carbons (Fsp3) is 0. The fourth-order valence-electron chi connectivity index (χ4n) is 2.21. The Kier molecular flexibility index (Phi) is 5.00. The summed E-state index contributed by atoms with van der Waals surface area (Å²) >= 11 is 0. The molecule has 4 heteroatoms. The van der Waals surface area contributed by atoms with Gasteiger partial charge in [0.25, 0.3) is 5.91 Å². The van der Waals surface area contributed by atoms with Crippen LogP contribution in [0.1, 0.15) is 15.9 Å². The van der Waals surface area contributed by atoms with Gasteiger partial charge in [0.05, 0.1) is 17.5 Å². The van der Waals surface area contributed by atoms with Crippen LogP contribution in [0.4, 0.5) is 11.4 Å². The standard InChI is InChI=1S/C20H17N3O/c24-20(22-17-11-5-2-6-12-17)18-13-7-8-14-19(18)23-21-15-16-9-3-1-4-10-16/h1-15,23H,(H,22,24)/b21-15+. The molecule has 0 bridgehead atoms. The van der Waals surface area contributed by atoms with Gasteiger partial charge in [0.15, 0.2) is 0 Å². The molecule has 0 saturated heterocycles. The lowest BCUT2D eigenvalue weighted by atomic mass is 10.1. The molecule has 0 heterocycles. The van der Waals surface area contributed by atoms with Crippen LogP contribution in [0.5, 0.6) is 0 Å². The van der Waals surface area contributed by atoms with Gasteiger partial charge in [-0.2, -0.15) is 5.10 Å². The van der Waals surface area contributed by atoms with E-state index in [2.05, 4.69) is 15.8 Å². The summed E-state index contributed by atoms with van der Waals surface area (Å²) in [6, 6.07) is 26.4. The SMILES string of the molecule is O=C(Nc1ccccc1)c1ccccc1N/N=C/c1ccccc1. The number of amides is 1. The predicted molar refractivity (Wildman–Crippen MR) is 98.5 cm³/mol. The van der Waals surface area contributed by atoms with Gasteiger partial charge < -0.3 is 5.32 Å². The monoisotopic (exact) mass is 315 g/mol. The van der Waals surface area contributed by atoms with E-state index in [1.54, 1.807) is 12.3 Å². The number of nitrogens with one attached hydrogen (secondary N) is 2. The molecule has 3 rings (SSSR count). The maximum Gasteiger partial charge on any atom is 0.257 e. The van der Waals surface area contributed by atoms with E-state index in [9.17, 15) is 4.79 Å². The summed E-state index contributed by atoms with van der Waals surface area (Å²) in [6.45, 7) is 0. The van der Waals surface area contributed by atoms with Crippen molar-refractivity contribution in [2.24, 2.45) is 5.10 Å². The first kappa shape index (κ1) is 15.5. The highest BCUT2D eigenvalue weighted by Gasteiger charge is 2.10. The third-order valence-corrected chi connectivity index (χ3v) is 3.40. The molecular weight excluding hydrogens is 298 g/mol. The maximum absolute atomic E-state index is 12.5. The molecule has 0 saturated carbocycles. The van der Waals surface area contributed by atoms with Gasteiger partial charge in [-0.1, -0.05) is 60.7 Å². The third-order valence-electron chi connectivity index (χ3n) is 3.40. The molecule has 0 unspecified atom stereocenters. The van der Waals surface area contributed by atoms with Crippen LogP contribution in [0.3, 0.4) is 0 Å². The van der Waals surface area contributed by atoms with Crippen molar-refractivity contribution in [3.63, 3.8) is 0 Å². The van der Waals surface area contributed by atoms with Crippen LogP contribution in [0, 0.1) is 0 Å². The topological polar surface area (TPSA) is 53.5 Å². The van der Waals surface area contributed by atoms with Gasteiger partial charge in [0.1, 0.15) is 0 Å². The van der Waals surface area contributed by atoms with Crippen LogP contribution in [0.2, 0.25) is 0 Å². The van der Waals surface area contributed by atoms with Gasteiger partial charge >= 0.3 is 0 Å². The summed E-state index contributed by atoms with van der Waals surface area (Å²) in [5, 5.41) is 7.08. The molecule has 24 heavy (non-hydrogen) atoms. The lowest BCUT2D eigenvalue weighted by molar-refractivity contribution is 0.102. The van der Waals surface area contributed by atoms with Gasteiger partial charge in [-0.3, -0.25) is 10.2 Å². The number of benzene rings is 3. The molecule has 0 radical (unpaired) electrons. The van der Waals surface area contributed by atoms with Crippen molar-refractivity contribution in [2.45, 2.75) is 0 Å². The Labute approximate surface area is 140 Å². The first-order valence-electron chi connectivity index (χ1n) is 7.62. The minimum Gasteiger partial charge on any atom is -0.322 e. The zero-order chi connectivity index (χ0) is 16.6. The quantitative estimate of drug-likeness (QED) is 0.542. The summed E-state index contributed by atoms with van der Waals surface area (Å²) in [7, 11) is 0. The molecule has 0 atom stereocenters. The summed E-state index contributed by atoms with van der Waals surface area (Å²) in [4.78, 5) is 12.5. The number of anilines is 2. The van der Waals surface area contributed by atoms with E-state index in [-0.39, 0.29) is 5.91 Å². The first-order chi connectivity index (χ1) is 11.8. The molecule has 118 valence electrons. The van der Waals surface area contributed by atoms with E-state index < -0.39 is 0 Å². The van der Waals surface area contributed by atoms with Crippen molar-refractivity contribution in [2.75, 3.05) is 10.7 Å². The molecule has 0 fully saturated rings. The lowest BCUT2D eigenvalue weighted by Gasteiger charge is -2.09. The van der Waals surface area contributed by atoms with Crippen molar-refractivity contribution >= 4 is 23.5 Å². The maximum atomic E-state index is 12.5. The van der Waals surface area contributed by atoms with Crippen molar-refractivity contribution < 1.29 is 4.79 Å². The average molecular weight is 315 g/mol. The normalized spacial score (nSPS) is 10.5. The van der Waals surface area contributed by atoms with Crippen LogP contribution < -0.4 is 10.7 Å². The zero-order valence-corrected chi connectivity index (χ0v) is 13.0. The smallest absolute Gasteiger partial charge is 0.257 e. The van der Waals surface area contributed by atoms with Crippen molar-refractivity contribution in [1.29, 1.82) is 0 Å². The zero-order valence-electron chi connectivity index (χ0n) is 13.0. The van der Waals surface area contributed by atoms with Gasteiger partial charge in [0.2, 0.25) is 0 Å². The molecule has 0 aromatic heterocycles. The van der Waals surface area contributed by atoms with E-state index in [1.807, 2.05) is 78.9 Å². The number of para-hydroxylation sites is 2. The van der Waals surface area contributed by atoms with Gasteiger partial charge in [-0.15, -0.1) is 0 Å². The Morgan fingerprint density at radius 3 is 2.17 bits per heavy atom. The molecule has 0 aliphatic carbocycles. The van der Waals surface area contributed by atoms with Crippen molar-refractivity contribution in [1.82, 2.24) is 0 Å². The summed E-state index contributed by atoms with van der Waals surface area (Å²) in [5.74, 6) is -0.181. The molecular formula is C20H17N3O. The third kappa shape index (κ3) is 4.08. The van der Waals surface area contributed by atoms with Gasteiger partial charge in [-0.05, 0) is 29.8 Å². The minimum absolute atomic E-state index is 0.181. The van der Waals surface area contributed by atoms with E-state index in [0.717, 1.165) is 11.3 Å². The average Bonchev–Trinajstić information content (AvgIpc) is 2.64. The summed E-state index contributed by atoms with van der Waals surface area (Å²) in [6.07, 6.45) is 1.71. The molecule has 3 aromatic rings. The minimum atomic E-state index is -0.181. The number of carbonyl (C=O) groups excluding carboxylic acids is 1. The summed E-state index contributed by atoms with van der Waals surface area (Å²) in [5.41, 5.74) is 5.86. The Bertz CT molecular complexity index is 830. The number of carbonyl (C=O) groups is 1. The van der Waals surface area contributed by atoms with Crippen LogP contribution in [-0.4, -0.2) is 12.1 Å². The highest BCUT2D eigenvalue weighted by molar-refractivity contribution is 6.08. The van der Waals surface area contributed by atoms with Crippen molar-refractivity contribution in [3.8, 4) is 0 Å². The second-order valence-corrected chi connectivity index (χ2v) is 5.15. The molecule has 1 amide bonds. The second kappa shape index (κ2) is 7.74. The second-order valence-electron chi connectivity index (χ2n) is 5.15. The Morgan fingerprint density at radius 1 is 0.792 bits per heavy atom. The van der Waals surface area contributed by atoms with Crippen LogP contribution in [0.25, 0.3) is 0 Å². The van der Waals surface area contributed by atoms with Crippen LogP contribution in [-0.2, 0) is 0 Å². The first-order valence-corrected chi connectivity index (χ1v) is 7.62. The van der Waals surface area contributed by atoms with Gasteiger partial charge in [0, 0.05) is 5.69 Å². The number of hydrogen-bond acceptors (Lipinski definition) is 3. The van der Waals surface area contributed by atoms with Crippen molar-refractivity contribution in [3.05, 3.63) is 96.1 Å². The van der Waals surface area contributed by atoms with E-state index in [4.69, 9.17) is 0 Å². The van der Waals surface area contributed by atoms with Gasteiger partial charge in [-0.25, -0.2) is 0 Å². The Morgan fingerprint density at radius 2 is 1.42 bits per heavy atom. The predicted octanol–water partition coefficient (Wildman–Crippen LogP) is 4.38. The van der Waals surface area contributed by atoms with E-state index in [0.29, 0.717) is 11.3 Å². The highest BCUT2D eigenvalue weighted by atomic mass is 16.1. The number of rotatable bonds is 5. The van der Waals surface area contributed by atoms with E-state index >= 15 is 0 Å². The molecule has 3 aromatic carbocycles. The Balaban J connectivity index is 1.73. The molecule has 0 aliphatic rings. The fourth-order valence-corrected chi connectivity index (χ4v) is 2.21.